The number of amides is 6. The van der Waals surface area contributed by atoms with Crippen molar-refractivity contribution in [1.29, 1.82) is 0 Å². The Labute approximate surface area is 191 Å². The van der Waals surface area contributed by atoms with Gasteiger partial charge in [-0.15, -0.1) is 0 Å². The van der Waals surface area contributed by atoms with Crippen LogP contribution in [0.4, 0.5) is 9.59 Å². The molecule has 1 saturated heterocycles. The van der Waals surface area contributed by atoms with Crippen LogP contribution in [-0.2, 0) is 15.1 Å². The van der Waals surface area contributed by atoms with E-state index < -0.39 is 36.0 Å². The van der Waals surface area contributed by atoms with E-state index >= 15 is 0 Å². The second-order valence-electron chi connectivity index (χ2n) is 8.47. The summed E-state index contributed by atoms with van der Waals surface area (Å²) in [5.74, 6) is -0.626. The van der Waals surface area contributed by atoms with E-state index in [1.54, 1.807) is 12.1 Å². The summed E-state index contributed by atoms with van der Waals surface area (Å²) in [6.45, 7) is 5.13. The number of carbonyl (C=O) groups is 4. The van der Waals surface area contributed by atoms with E-state index in [4.69, 9.17) is 23.2 Å². The zero-order valence-corrected chi connectivity index (χ0v) is 19.1. The fraction of sp³-hybridized carbons (Fsp3) is 0.524. The van der Waals surface area contributed by atoms with Crippen molar-refractivity contribution in [3.05, 3.63) is 33.8 Å². The molecule has 168 valence electrons. The van der Waals surface area contributed by atoms with Gasteiger partial charge >= 0.3 is 12.1 Å². The van der Waals surface area contributed by atoms with Gasteiger partial charge in [0.2, 0.25) is 5.91 Å². The van der Waals surface area contributed by atoms with Gasteiger partial charge in [0.25, 0.3) is 5.91 Å². The van der Waals surface area contributed by atoms with Gasteiger partial charge < -0.3 is 10.6 Å². The van der Waals surface area contributed by atoms with Gasteiger partial charge in [-0.3, -0.25) is 19.8 Å². The van der Waals surface area contributed by atoms with Crippen LogP contribution in [0.3, 0.4) is 0 Å². The van der Waals surface area contributed by atoms with Crippen LogP contribution in [0.2, 0.25) is 10.0 Å². The molecule has 0 unspecified atom stereocenters. The molecule has 0 aromatic heterocycles. The molecule has 31 heavy (non-hydrogen) atoms. The van der Waals surface area contributed by atoms with Crippen molar-refractivity contribution in [3.8, 4) is 0 Å². The minimum Gasteiger partial charge on any atom is -0.335 e. The van der Waals surface area contributed by atoms with Gasteiger partial charge in [0.15, 0.2) is 0 Å². The van der Waals surface area contributed by atoms with Gasteiger partial charge in [0.05, 0.1) is 0 Å². The number of nitrogens with zero attached hydrogens (tertiary/aromatic N) is 1. The van der Waals surface area contributed by atoms with E-state index in [9.17, 15) is 19.2 Å². The first kappa shape index (κ1) is 23.3. The zero-order chi connectivity index (χ0) is 22.9. The van der Waals surface area contributed by atoms with Crippen LogP contribution < -0.4 is 16.0 Å². The van der Waals surface area contributed by atoms with Crippen LogP contribution in [0.5, 0.6) is 0 Å². The summed E-state index contributed by atoms with van der Waals surface area (Å²) in [5.41, 5.74) is -1.09. The first-order chi connectivity index (χ1) is 14.5. The normalized spacial score (nSPS) is 28.3. The molecule has 1 aromatic rings. The van der Waals surface area contributed by atoms with Crippen LogP contribution >= 0.6 is 23.2 Å². The highest BCUT2D eigenvalue weighted by Crippen LogP contribution is 2.35. The number of nitrogens with one attached hydrogen (secondary N) is 3. The van der Waals surface area contributed by atoms with Crippen LogP contribution in [-0.4, -0.2) is 41.4 Å². The molecular formula is C21H26Cl2N4O4. The van der Waals surface area contributed by atoms with Gasteiger partial charge in [-0.1, -0.05) is 56.0 Å². The molecule has 8 nitrogen and oxygen atoms in total. The molecule has 1 saturated carbocycles. The third kappa shape index (κ3) is 4.80. The minimum atomic E-state index is -1.45. The van der Waals surface area contributed by atoms with Crippen molar-refractivity contribution in [2.24, 2.45) is 11.8 Å². The Balaban J connectivity index is 1.63. The van der Waals surface area contributed by atoms with Crippen molar-refractivity contribution < 1.29 is 19.2 Å². The zero-order valence-electron chi connectivity index (χ0n) is 17.6. The fourth-order valence-corrected chi connectivity index (χ4v) is 4.82. The van der Waals surface area contributed by atoms with Crippen molar-refractivity contribution >= 4 is 47.1 Å². The van der Waals surface area contributed by atoms with E-state index in [-0.39, 0.29) is 11.1 Å². The van der Waals surface area contributed by atoms with E-state index in [1.807, 2.05) is 0 Å². The Bertz CT molecular complexity index is 925. The van der Waals surface area contributed by atoms with Gasteiger partial charge in [0, 0.05) is 21.7 Å². The lowest BCUT2D eigenvalue weighted by Gasteiger charge is -2.34. The van der Waals surface area contributed by atoms with Crippen LogP contribution in [0.1, 0.15) is 45.6 Å². The summed E-state index contributed by atoms with van der Waals surface area (Å²) in [4.78, 5) is 50.8. The van der Waals surface area contributed by atoms with E-state index in [1.165, 1.54) is 13.0 Å². The number of benzene rings is 1. The van der Waals surface area contributed by atoms with E-state index in [0.717, 1.165) is 24.2 Å². The summed E-state index contributed by atoms with van der Waals surface area (Å²) in [6.07, 6.45) is 2.97. The molecule has 0 bridgehead atoms. The quantitative estimate of drug-likeness (QED) is 0.588. The molecule has 4 atom stereocenters. The van der Waals surface area contributed by atoms with Crippen molar-refractivity contribution in [2.45, 2.75) is 51.6 Å². The molecule has 1 aliphatic carbocycles. The molecule has 0 spiro atoms. The number of urea groups is 2. The van der Waals surface area contributed by atoms with Crippen LogP contribution in [0, 0.1) is 11.8 Å². The molecule has 10 heteroatoms. The molecule has 3 rings (SSSR count). The summed E-state index contributed by atoms with van der Waals surface area (Å²) >= 11 is 12.1. The fourth-order valence-electron chi connectivity index (χ4n) is 4.22. The van der Waals surface area contributed by atoms with E-state index in [0.29, 0.717) is 22.4 Å². The lowest BCUT2D eigenvalue weighted by atomic mass is 9.78. The maximum atomic E-state index is 13.0. The Morgan fingerprint density at radius 3 is 2.61 bits per heavy atom. The number of hydrogen-bond acceptors (Lipinski definition) is 4. The van der Waals surface area contributed by atoms with Gasteiger partial charge in [0.1, 0.15) is 12.1 Å². The lowest BCUT2D eigenvalue weighted by Crippen LogP contribution is -2.51. The number of imide groups is 2. The molecule has 1 heterocycles. The largest absolute Gasteiger partial charge is 0.335 e. The molecule has 0 radical (unpaired) electrons. The SMILES string of the molecule is C[C@@H]1[C@H](C)CCC[C@@H]1NC(=O)NC(=O)CN1C(=O)N[C@](C)(c2ccc(Cl)cc2Cl)C1=O. The summed E-state index contributed by atoms with van der Waals surface area (Å²) in [5, 5.41) is 8.21. The van der Waals surface area contributed by atoms with Crippen LogP contribution in [0.15, 0.2) is 18.2 Å². The standard InChI is InChI=1S/C21H26Cl2N4O4/c1-11-5-4-6-16(12(11)2)24-19(30)25-17(28)10-27-18(29)21(3,26-20(27)31)14-8-7-13(22)9-15(14)23/h7-9,11-12,16H,4-6,10H2,1-3H3,(H,26,31)(H2,24,25,28,30)/t11-,12-,16+,21-/m1/s1. The second-order valence-corrected chi connectivity index (χ2v) is 9.31. The van der Waals surface area contributed by atoms with Crippen molar-refractivity contribution in [3.63, 3.8) is 0 Å². The van der Waals surface area contributed by atoms with Gasteiger partial charge in [-0.2, -0.15) is 0 Å². The van der Waals surface area contributed by atoms with Crippen LogP contribution in [0.25, 0.3) is 0 Å². The second kappa shape index (κ2) is 9.04. The first-order valence-electron chi connectivity index (χ1n) is 10.2. The third-order valence-corrected chi connectivity index (χ3v) is 6.87. The highest BCUT2D eigenvalue weighted by molar-refractivity contribution is 6.35. The number of carbonyl (C=O) groups excluding carboxylic acids is 4. The molecule has 6 amide bonds. The summed E-state index contributed by atoms with van der Waals surface area (Å²) < 4.78 is 0. The first-order valence-corrected chi connectivity index (χ1v) is 11.0. The maximum Gasteiger partial charge on any atom is 0.325 e. The molecule has 1 aliphatic heterocycles. The smallest absolute Gasteiger partial charge is 0.325 e. The van der Waals surface area contributed by atoms with Crippen molar-refractivity contribution in [1.82, 2.24) is 20.9 Å². The predicted octanol–water partition coefficient (Wildman–Crippen LogP) is 3.41. The summed E-state index contributed by atoms with van der Waals surface area (Å²) in [7, 11) is 0. The predicted molar refractivity (Wildman–Crippen MR) is 117 cm³/mol. The molecular weight excluding hydrogens is 443 g/mol. The monoisotopic (exact) mass is 468 g/mol. The average molecular weight is 469 g/mol. The average Bonchev–Trinajstić information content (AvgIpc) is 2.89. The molecule has 2 aliphatic rings. The van der Waals surface area contributed by atoms with E-state index in [2.05, 4.69) is 29.8 Å². The Morgan fingerprint density at radius 2 is 1.94 bits per heavy atom. The molecule has 2 fully saturated rings. The Morgan fingerprint density at radius 1 is 1.23 bits per heavy atom. The minimum absolute atomic E-state index is 0.0244. The number of hydrogen-bond donors (Lipinski definition) is 3. The topological polar surface area (TPSA) is 108 Å². The molecule has 3 N–H and O–H groups in total. The highest BCUT2D eigenvalue weighted by atomic mass is 35.5. The molecule has 1 aromatic carbocycles. The number of rotatable bonds is 4. The number of halogens is 2. The Kier molecular flexibility index (Phi) is 6.81. The lowest BCUT2D eigenvalue weighted by molar-refractivity contribution is -0.134. The van der Waals surface area contributed by atoms with Gasteiger partial charge in [-0.05, 0) is 37.3 Å². The maximum absolute atomic E-state index is 13.0. The van der Waals surface area contributed by atoms with Gasteiger partial charge in [-0.25, -0.2) is 9.59 Å². The third-order valence-electron chi connectivity index (χ3n) is 6.32. The summed E-state index contributed by atoms with van der Waals surface area (Å²) in [6, 6.07) is 3.17. The Hall–Kier alpha value is -2.32. The highest BCUT2D eigenvalue weighted by Gasteiger charge is 2.50. The van der Waals surface area contributed by atoms with Crippen molar-refractivity contribution in [2.75, 3.05) is 6.54 Å².